The number of nitrogens with zero attached hydrogens (tertiary/aromatic N) is 4. The maximum atomic E-state index is 12.3. The molecule has 0 saturated carbocycles. The zero-order valence-corrected chi connectivity index (χ0v) is 11.4. The molecule has 3 rings (SSSR count). The Balaban J connectivity index is 2.04. The molecule has 6 heteroatoms. The number of rotatable bonds is 2. The van der Waals surface area contributed by atoms with Crippen molar-refractivity contribution in [2.45, 2.75) is 20.4 Å². The summed E-state index contributed by atoms with van der Waals surface area (Å²) in [5.41, 5.74) is 2.72. The molecule has 0 radical (unpaired) electrons. The summed E-state index contributed by atoms with van der Waals surface area (Å²) in [7, 11) is 0. The Kier molecular flexibility index (Phi) is 2.87. The summed E-state index contributed by atoms with van der Waals surface area (Å²) in [5.74, 6) is 0.721. The number of hydrogen-bond acceptors (Lipinski definition) is 5. The Hall–Kier alpha value is -2.08. The van der Waals surface area contributed by atoms with Crippen LogP contribution in [-0.2, 0) is 6.54 Å². The second-order valence-electron chi connectivity index (χ2n) is 4.41. The van der Waals surface area contributed by atoms with Crippen molar-refractivity contribution in [3.8, 4) is 0 Å². The lowest BCUT2D eigenvalue weighted by Gasteiger charge is -2.05. The van der Waals surface area contributed by atoms with Crippen LogP contribution in [0, 0.1) is 13.8 Å². The Morgan fingerprint density at radius 1 is 1.21 bits per heavy atom. The molecule has 0 saturated heterocycles. The molecule has 0 atom stereocenters. The summed E-state index contributed by atoms with van der Waals surface area (Å²) in [6.07, 6.45) is 5.06. The van der Waals surface area contributed by atoms with Gasteiger partial charge in [0.15, 0.2) is 0 Å². The van der Waals surface area contributed by atoms with Crippen LogP contribution in [0.2, 0.25) is 0 Å². The Labute approximate surface area is 113 Å². The fourth-order valence-corrected chi connectivity index (χ4v) is 2.82. The van der Waals surface area contributed by atoms with Crippen molar-refractivity contribution in [1.82, 2.24) is 19.5 Å². The van der Waals surface area contributed by atoms with Crippen molar-refractivity contribution in [3.63, 3.8) is 0 Å². The number of fused-ring (bicyclic) bond motifs is 1. The van der Waals surface area contributed by atoms with Crippen LogP contribution in [0.3, 0.4) is 0 Å². The van der Waals surface area contributed by atoms with E-state index in [0.717, 1.165) is 22.5 Å². The van der Waals surface area contributed by atoms with Gasteiger partial charge in [-0.3, -0.25) is 9.36 Å². The van der Waals surface area contributed by atoms with Crippen molar-refractivity contribution >= 4 is 21.6 Å². The third kappa shape index (κ3) is 2.15. The first-order chi connectivity index (χ1) is 9.15. The molecule has 0 bridgehead atoms. The van der Waals surface area contributed by atoms with Gasteiger partial charge in [0.25, 0.3) is 5.56 Å². The highest BCUT2D eigenvalue weighted by atomic mass is 32.1. The van der Waals surface area contributed by atoms with Crippen LogP contribution >= 0.6 is 11.3 Å². The van der Waals surface area contributed by atoms with Gasteiger partial charge >= 0.3 is 0 Å². The van der Waals surface area contributed by atoms with E-state index in [-0.39, 0.29) is 5.56 Å². The van der Waals surface area contributed by atoms with Crippen LogP contribution in [0.25, 0.3) is 10.2 Å². The maximum absolute atomic E-state index is 12.3. The van der Waals surface area contributed by atoms with E-state index in [9.17, 15) is 4.79 Å². The van der Waals surface area contributed by atoms with Gasteiger partial charge in [0.1, 0.15) is 10.5 Å². The molecule has 0 N–H and O–H groups in total. The average Bonchev–Trinajstić information content (AvgIpc) is 2.78. The lowest BCUT2D eigenvalue weighted by atomic mass is 10.3. The predicted octanol–water partition coefficient (Wildman–Crippen LogP) is 1.91. The second kappa shape index (κ2) is 4.55. The molecule has 0 aliphatic heterocycles. The predicted molar refractivity (Wildman–Crippen MR) is 74.5 cm³/mol. The lowest BCUT2D eigenvalue weighted by molar-refractivity contribution is 0.740. The summed E-state index contributed by atoms with van der Waals surface area (Å²) in [6, 6.07) is 0. The van der Waals surface area contributed by atoms with E-state index in [2.05, 4.69) is 15.0 Å². The SMILES string of the molecule is Cc1ncc(Cn2cnc3c(C)csc3c2=O)cn1. The van der Waals surface area contributed by atoms with Gasteiger partial charge in [-0.05, 0) is 24.8 Å². The molecule has 96 valence electrons. The molecule has 19 heavy (non-hydrogen) atoms. The third-order valence-electron chi connectivity index (χ3n) is 2.91. The Bertz CT molecular complexity index is 789. The van der Waals surface area contributed by atoms with Crippen molar-refractivity contribution < 1.29 is 0 Å². The molecule has 0 aliphatic carbocycles. The largest absolute Gasteiger partial charge is 0.293 e. The fraction of sp³-hybridized carbons (Fsp3) is 0.231. The Morgan fingerprint density at radius 2 is 1.95 bits per heavy atom. The van der Waals surface area contributed by atoms with E-state index in [1.807, 2.05) is 19.2 Å². The summed E-state index contributed by atoms with van der Waals surface area (Å²) >= 11 is 1.44. The summed E-state index contributed by atoms with van der Waals surface area (Å²) in [6.45, 7) is 4.24. The first-order valence-electron chi connectivity index (χ1n) is 5.86. The number of aryl methyl sites for hydroxylation is 2. The highest BCUT2D eigenvalue weighted by molar-refractivity contribution is 7.17. The quantitative estimate of drug-likeness (QED) is 0.715. The molecule has 3 aromatic heterocycles. The van der Waals surface area contributed by atoms with E-state index < -0.39 is 0 Å². The Morgan fingerprint density at radius 3 is 2.68 bits per heavy atom. The zero-order valence-electron chi connectivity index (χ0n) is 10.6. The molecule has 0 aliphatic rings. The molecule has 0 spiro atoms. The molecule has 0 aromatic carbocycles. The lowest BCUT2D eigenvalue weighted by Crippen LogP contribution is -2.20. The van der Waals surface area contributed by atoms with Crippen molar-refractivity contribution in [3.05, 3.63) is 51.4 Å². The zero-order chi connectivity index (χ0) is 13.4. The highest BCUT2D eigenvalue weighted by Crippen LogP contribution is 2.19. The summed E-state index contributed by atoms with van der Waals surface area (Å²) in [5, 5.41) is 1.96. The maximum Gasteiger partial charge on any atom is 0.271 e. The minimum atomic E-state index is -0.0105. The van der Waals surface area contributed by atoms with Gasteiger partial charge in [-0.25, -0.2) is 15.0 Å². The molecule has 0 fully saturated rings. The molecular weight excluding hydrogens is 260 g/mol. The first-order valence-corrected chi connectivity index (χ1v) is 6.74. The number of thiophene rings is 1. The van der Waals surface area contributed by atoms with Gasteiger partial charge in [-0.2, -0.15) is 0 Å². The number of aromatic nitrogens is 4. The number of hydrogen-bond donors (Lipinski definition) is 0. The van der Waals surface area contributed by atoms with E-state index in [4.69, 9.17) is 0 Å². The van der Waals surface area contributed by atoms with Gasteiger partial charge in [-0.15, -0.1) is 11.3 Å². The minimum absolute atomic E-state index is 0.0105. The standard InChI is InChI=1S/C13H12N4OS/c1-8-6-19-12-11(8)16-7-17(13(12)18)5-10-3-14-9(2)15-4-10/h3-4,6-7H,5H2,1-2H3. The first kappa shape index (κ1) is 12.0. The molecule has 3 heterocycles. The van der Waals surface area contributed by atoms with Gasteiger partial charge in [0.2, 0.25) is 0 Å². The monoisotopic (exact) mass is 272 g/mol. The molecule has 0 amide bonds. The summed E-state index contributed by atoms with van der Waals surface area (Å²) in [4.78, 5) is 24.9. The van der Waals surface area contributed by atoms with Gasteiger partial charge < -0.3 is 0 Å². The average molecular weight is 272 g/mol. The topological polar surface area (TPSA) is 60.7 Å². The van der Waals surface area contributed by atoms with Crippen molar-refractivity contribution in [2.75, 3.05) is 0 Å². The van der Waals surface area contributed by atoms with Crippen LogP contribution in [0.5, 0.6) is 0 Å². The van der Waals surface area contributed by atoms with Crippen molar-refractivity contribution in [1.29, 1.82) is 0 Å². The second-order valence-corrected chi connectivity index (χ2v) is 5.29. The normalized spacial score (nSPS) is 11.1. The van der Waals surface area contributed by atoms with Crippen molar-refractivity contribution in [2.24, 2.45) is 0 Å². The van der Waals surface area contributed by atoms with E-state index >= 15 is 0 Å². The van der Waals surface area contributed by atoms with E-state index in [0.29, 0.717) is 11.2 Å². The third-order valence-corrected chi connectivity index (χ3v) is 3.99. The van der Waals surface area contributed by atoms with Gasteiger partial charge in [-0.1, -0.05) is 0 Å². The fourth-order valence-electron chi connectivity index (χ4n) is 1.87. The van der Waals surface area contributed by atoms with Crippen LogP contribution in [0.1, 0.15) is 17.0 Å². The van der Waals surface area contributed by atoms with Gasteiger partial charge in [0, 0.05) is 18.0 Å². The summed E-state index contributed by atoms with van der Waals surface area (Å²) < 4.78 is 2.29. The van der Waals surface area contributed by atoms with Crippen LogP contribution < -0.4 is 5.56 Å². The molecule has 0 unspecified atom stereocenters. The van der Waals surface area contributed by atoms with Crippen LogP contribution in [0.15, 0.2) is 28.9 Å². The van der Waals surface area contributed by atoms with E-state index in [1.54, 1.807) is 23.3 Å². The van der Waals surface area contributed by atoms with E-state index in [1.165, 1.54) is 11.3 Å². The van der Waals surface area contributed by atoms with Crippen LogP contribution in [-0.4, -0.2) is 19.5 Å². The smallest absolute Gasteiger partial charge is 0.271 e. The molecular formula is C13H12N4OS. The minimum Gasteiger partial charge on any atom is -0.293 e. The molecule has 3 aromatic rings. The molecule has 5 nitrogen and oxygen atoms in total. The highest BCUT2D eigenvalue weighted by Gasteiger charge is 2.08. The van der Waals surface area contributed by atoms with Crippen LogP contribution in [0.4, 0.5) is 0 Å². The van der Waals surface area contributed by atoms with Gasteiger partial charge in [0.05, 0.1) is 18.4 Å².